The first-order valence-corrected chi connectivity index (χ1v) is 7.94. The summed E-state index contributed by atoms with van der Waals surface area (Å²) in [6.07, 6.45) is 3.13. The molecule has 1 amide bonds. The van der Waals surface area contributed by atoms with Crippen LogP contribution in [0.4, 0.5) is 0 Å². The van der Waals surface area contributed by atoms with Gasteiger partial charge in [0.1, 0.15) is 0 Å². The first-order valence-electron chi connectivity index (χ1n) is 7.56. The van der Waals surface area contributed by atoms with Crippen LogP contribution in [0.25, 0.3) is 0 Å². The van der Waals surface area contributed by atoms with E-state index in [9.17, 15) is 4.79 Å². The average Bonchev–Trinajstić information content (AvgIpc) is 3.43. The number of amides is 1. The lowest BCUT2D eigenvalue weighted by atomic mass is 10.1. The highest BCUT2D eigenvalue weighted by molar-refractivity contribution is 6.30. The Labute approximate surface area is 133 Å². The van der Waals surface area contributed by atoms with Gasteiger partial charge >= 0.3 is 0 Å². The highest BCUT2D eigenvalue weighted by Gasteiger charge is 2.43. The van der Waals surface area contributed by atoms with Gasteiger partial charge in [0, 0.05) is 16.9 Å². The molecule has 22 heavy (non-hydrogen) atoms. The molecule has 0 unspecified atom stereocenters. The fourth-order valence-corrected chi connectivity index (χ4v) is 2.93. The predicted molar refractivity (Wildman–Crippen MR) is 80.4 cm³/mol. The van der Waals surface area contributed by atoms with Crippen LogP contribution in [0.2, 0.25) is 5.02 Å². The van der Waals surface area contributed by atoms with Crippen molar-refractivity contribution in [1.29, 1.82) is 0 Å². The zero-order valence-corrected chi connectivity index (χ0v) is 12.7. The third-order valence-corrected chi connectivity index (χ3v) is 4.48. The summed E-state index contributed by atoms with van der Waals surface area (Å²) in [5.41, 5.74) is 1.13. The number of carbonyl (C=O) groups is 1. The molecule has 5 nitrogen and oxygen atoms in total. The van der Waals surface area contributed by atoms with Gasteiger partial charge in [0.15, 0.2) is 5.82 Å². The zero-order valence-electron chi connectivity index (χ0n) is 12.0. The Hall–Kier alpha value is -1.88. The fourth-order valence-electron chi connectivity index (χ4n) is 2.73. The van der Waals surface area contributed by atoms with E-state index in [2.05, 4.69) is 15.5 Å². The van der Waals surface area contributed by atoms with Gasteiger partial charge in [0.05, 0.1) is 6.54 Å². The highest BCUT2D eigenvalue weighted by Crippen LogP contribution is 2.48. The van der Waals surface area contributed by atoms with Crippen LogP contribution in [0.3, 0.4) is 0 Å². The number of rotatable bonds is 5. The molecule has 0 aliphatic heterocycles. The fraction of sp³-hybridized carbons (Fsp3) is 0.438. The van der Waals surface area contributed by atoms with E-state index < -0.39 is 0 Å². The van der Waals surface area contributed by atoms with Gasteiger partial charge in [-0.1, -0.05) is 28.9 Å². The Morgan fingerprint density at radius 3 is 3.05 bits per heavy atom. The van der Waals surface area contributed by atoms with Crippen molar-refractivity contribution >= 4 is 17.5 Å². The van der Waals surface area contributed by atoms with Crippen LogP contribution < -0.4 is 5.32 Å². The van der Waals surface area contributed by atoms with Gasteiger partial charge in [0.2, 0.25) is 11.8 Å². The number of benzene rings is 1. The standard InChI is InChI=1S/C16H16ClN3O2/c17-11-3-1-2-10(6-11)12-7-13(12)16(21)18-8-14-19-15(20-22-14)9-4-5-9/h1-3,6,9,12-13H,4-5,7-8H2,(H,18,21)/t12-,13-/m0/s1. The Balaban J connectivity index is 1.31. The Kier molecular flexibility index (Phi) is 3.37. The summed E-state index contributed by atoms with van der Waals surface area (Å²) in [6, 6.07) is 7.71. The Morgan fingerprint density at radius 1 is 1.41 bits per heavy atom. The van der Waals surface area contributed by atoms with Gasteiger partial charge in [0.25, 0.3) is 0 Å². The third kappa shape index (κ3) is 2.86. The van der Waals surface area contributed by atoms with Crippen LogP contribution in [-0.4, -0.2) is 16.0 Å². The maximum atomic E-state index is 12.2. The van der Waals surface area contributed by atoms with Gasteiger partial charge in [-0.2, -0.15) is 4.98 Å². The summed E-state index contributed by atoms with van der Waals surface area (Å²) in [4.78, 5) is 16.5. The Bertz CT molecular complexity index is 711. The van der Waals surface area contributed by atoms with Crippen LogP contribution in [0.1, 0.15) is 48.4 Å². The molecule has 2 atom stereocenters. The lowest BCUT2D eigenvalue weighted by molar-refractivity contribution is -0.122. The maximum absolute atomic E-state index is 12.2. The first kappa shape index (κ1) is 13.8. The van der Waals surface area contributed by atoms with Crippen molar-refractivity contribution in [2.75, 3.05) is 0 Å². The molecule has 1 aromatic carbocycles. The number of carbonyl (C=O) groups excluding carboxylic acids is 1. The van der Waals surface area contributed by atoms with E-state index in [1.807, 2.05) is 24.3 Å². The molecule has 1 aromatic heterocycles. The molecule has 2 saturated carbocycles. The van der Waals surface area contributed by atoms with E-state index in [0.29, 0.717) is 23.4 Å². The van der Waals surface area contributed by atoms with Gasteiger partial charge in [-0.3, -0.25) is 4.79 Å². The molecule has 2 fully saturated rings. The van der Waals surface area contributed by atoms with E-state index in [-0.39, 0.29) is 17.7 Å². The van der Waals surface area contributed by atoms with Crippen molar-refractivity contribution in [3.8, 4) is 0 Å². The zero-order chi connectivity index (χ0) is 15.1. The second-order valence-corrected chi connectivity index (χ2v) is 6.48. The lowest BCUT2D eigenvalue weighted by Crippen LogP contribution is -2.25. The molecule has 2 aliphatic carbocycles. The van der Waals surface area contributed by atoms with Crippen molar-refractivity contribution in [2.45, 2.75) is 37.6 Å². The van der Waals surface area contributed by atoms with E-state index in [0.717, 1.165) is 30.7 Å². The average molecular weight is 318 g/mol. The molecule has 1 heterocycles. The Morgan fingerprint density at radius 2 is 2.27 bits per heavy atom. The lowest BCUT2D eigenvalue weighted by Gasteiger charge is -2.02. The summed E-state index contributed by atoms with van der Waals surface area (Å²) in [5, 5.41) is 7.53. The predicted octanol–water partition coefficient (Wildman–Crippen LogP) is 3.02. The molecule has 0 radical (unpaired) electrons. The van der Waals surface area contributed by atoms with E-state index in [4.69, 9.17) is 16.1 Å². The summed E-state index contributed by atoms with van der Waals surface area (Å²) in [6.45, 7) is 0.303. The van der Waals surface area contributed by atoms with Gasteiger partial charge in [-0.25, -0.2) is 0 Å². The molecular formula is C16H16ClN3O2. The van der Waals surface area contributed by atoms with Crippen molar-refractivity contribution < 1.29 is 9.32 Å². The molecule has 1 N–H and O–H groups in total. The van der Waals surface area contributed by atoms with Crippen LogP contribution in [-0.2, 0) is 11.3 Å². The van der Waals surface area contributed by atoms with Gasteiger partial charge in [-0.15, -0.1) is 0 Å². The van der Waals surface area contributed by atoms with Crippen LogP contribution in [0.15, 0.2) is 28.8 Å². The van der Waals surface area contributed by atoms with E-state index >= 15 is 0 Å². The molecular weight excluding hydrogens is 302 g/mol. The molecule has 0 bridgehead atoms. The van der Waals surface area contributed by atoms with Crippen LogP contribution in [0, 0.1) is 5.92 Å². The monoisotopic (exact) mass is 317 g/mol. The summed E-state index contributed by atoms with van der Waals surface area (Å²) in [5.74, 6) is 2.04. The highest BCUT2D eigenvalue weighted by atomic mass is 35.5. The minimum Gasteiger partial charge on any atom is -0.347 e. The van der Waals surface area contributed by atoms with Crippen molar-refractivity contribution in [3.05, 3.63) is 46.6 Å². The summed E-state index contributed by atoms with van der Waals surface area (Å²) < 4.78 is 5.15. The minimum atomic E-state index is 0.0179. The molecule has 2 aliphatic rings. The molecule has 0 spiro atoms. The summed E-state index contributed by atoms with van der Waals surface area (Å²) >= 11 is 5.99. The minimum absolute atomic E-state index is 0.0179. The SMILES string of the molecule is O=C(NCc1nc(C2CC2)no1)[C@H]1C[C@H]1c1cccc(Cl)c1. The smallest absolute Gasteiger partial charge is 0.246 e. The van der Waals surface area contributed by atoms with Crippen LogP contribution >= 0.6 is 11.6 Å². The van der Waals surface area contributed by atoms with Crippen LogP contribution in [0.5, 0.6) is 0 Å². The van der Waals surface area contributed by atoms with E-state index in [1.165, 1.54) is 0 Å². The normalized spacial score (nSPS) is 23.3. The van der Waals surface area contributed by atoms with Crippen molar-refractivity contribution in [2.24, 2.45) is 5.92 Å². The molecule has 0 saturated heterocycles. The molecule has 6 heteroatoms. The number of hydrogen-bond donors (Lipinski definition) is 1. The van der Waals surface area contributed by atoms with Crippen molar-refractivity contribution in [1.82, 2.24) is 15.5 Å². The first-order chi connectivity index (χ1) is 10.7. The topological polar surface area (TPSA) is 68.0 Å². The summed E-state index contributed by atoms with van der Waals surface area (Å²) in [7, 11) is 0. The van der Waals surface area contributed by atoms with E-state index in [1.54, 1.807) is 0 Å². The number of hydrogen-bond acceptors (Lipinski definition) is 4. The maximum Gasteiger partial charge on any atom is 0.246 e. The van der Waals surface area contributed by atoms with Gasteiger partial charge < -0.3 is 9.84 Å². The quantitative estimate of drug-likeness (QED) is 0.920. The van der Waals surface area contributed by atoms with Crippen molar-refractivity contribution in [3.63, 3.8) is 0 Å². The number of nitrogens with one attached hydrogen (secondary N) is 1. The number of nitrogens with zero attached hydrogens (tertiary/aromatic N) is 2. The number of halogens is 1. The largest absolute Gasteiger partial charge is 0.347 e. The number of aromatic nitrogens is 2. The molecule has 2 aromatic rings. The molecule has 114 valence electrons. The molecule has 4 rings (SSSR count). The second kappa shape index (κ2) is 5.39. The third-order valence-electron chi connectivity index (χ3n) is 4.24. The second-order valence-electron chi connectivity index (χ2n) is 6.04. The van der Waals surface area contributed by atoms with Gasteiger partial charge in [-0.05, 0) is 42.9 Å².